The van der Waals surface area contributed by atoms with E-state index < -0.39 is 0 Å². The van der Waals surface area contributed by atoms with Crippen molar-refractivity contribution in [2.24, 2.45) is 5.11 Å². The standard InChI is InChI=1S/C83H73N25O10/c1-109-80-60(27-56-13-5-9-17-76(56)86-80)37-105-43-66(92-99-105)49-115-72-23-54(24-73(32-72)116-50-67-44-106(100-93-67)38-61-28-57-14-6-10-18-77(57)87-81(61)110-2)35-103-41-64(90-97-103)47-113-70-21-53(34-85-96-84)22-71(31-70)114-48-65-42-104(98-91-65)36-55-25-74(117-51-68-45-107(101-94-68)39-62-29-58-15-7-11-19-78(58)88-82(62)111-3)33-75(26-55)118-52-69-46-108(102-95-69)40-63-30-59-16-8-12-20-79(59)89-83(63)112-4/h5-33,41-46H,34-40,47-52H2,1-4H3. The molecule has 10 aromatic heterocycles. The molecule has 7 aromatic carbocycles. The van der Waals surface area contributed by atoms with Gasteiger partial charge in [-0.1, -0.05) is 109 Å². The lowest BCUT2D eigenvalue weighted by molar-refractivity contribution is 0.284. The van der Waals surface area contributed by atoms with Gasteiger partial charge in [0.2, 0.25) is 23.5 Å². The van der Waals surface area contributed by atoms with Gasteiger partial charge >= 0.3 is 0 Å². The van der Waals surface area contributed by atoms with Crippen LogP contribution in [0, 0.1) is 0 Å². The summed E-state index contributed by atoms with van der Waals surface area (Å²) >= 11 is 0. The Morgan fingerprint density at radius 2 is 0.517 bits per heavy atom. The average molecular weight is 1580 g/mol. The second kappa shape index (κ2) is 34.7. The van der Waals surface area contributed by atoms with E-state index in [0.717, 1.165) is 77.0 Å². The lowest BCUT2D eigenvalue weighted by Gasteiger charge is -2.12. The molecule has 0 fully saturated rings. The fourth-order valence-corrected chi connectivity index (χ4v) is 13.4. The molecule has 10 heterocycles. The lowest BCUT2D eigenvalue weighted by atomic mass is 10.1. The highest BCUT2D eigenvalue weighted by molar-refractivity contribution is 5.82. The molecule has 0 bridgehead atoms. The minimum Gasteiger partial charge on any atom is -0.487 e. The van der Waals surface area contributed by atoms with Crippen molar-refractivity contribution >= 4 is 43.6 Å². The van der Waals surface area contributed by atoms with E-state index in [4.69, 9.17) is 67.3 Å². The number of aromatic nitrogens is 22. The average Bonchev–Trinajstić information content (AvgIpc) is 0.828. The van der Waals surface area contributed by atoms with Gasteiger partial charge < -0.3 is 47.4 Å². The molecule has 0 spiro atoms. The zero-order chi connectivity index (χ0) is 80.1. The van der Waals surface area contributed by atoms with Crippen LogP contribution in [0.2, 0.25) is 0 Å². The largest absolute Gasteiger partial charge is 0.487 e. The molecule has 0 radical (unpaired) electrons. The first kappa shape index (κ1) is 75.0. The molecular weight excluding hydrogens is 1510 g/mol. The summed E-state index contributed by atoms with van der Waals surface area (Å²) in [5.74, 6) is 4.86. The van der Waals surface area contributed by atoms with Crippen LogP contribution in [0.3, 0.4) is 0 Å². The van der Waals surface area contributed by atoms with Gasteiger partial charge in [-0.15, -0.1) is 30.6 Å². The predicted octanol–water partition coefficient (Wildman–Crippen LogP) is 12.0. The Labute approximate surface area is 671 Å². The maximum Gasteiger partial charge on any atom is 0.218 e. The Morgan fingerprint density at radius 1 is 0.288 bits per heavy atom. The lowest BCUT2D eigenvalue weighted by Crippen LogP contribution is -2.04. The van der Waals surface area contributed by atoms with Crippen molar-refractivity contribution in [1.29, 1.82) is 0 Å². The van der Waals surface area contributed by atoms with Crippen LogP contribution in [-0.4, -0.2) is 138 Å². The number of fused-ring (bicyclic) bond motifs is 4. The van der Waals surface area contributed by atoms with Crippen molar-refractivity contribution in [1.82, 2.24) is 110 Å². The summed E-state index contributed by atoms with van der Waals surface area (Å²) in [4.78, 5) is 21.8. The van der Waals surface area contributed by atoms with Crippen LogP contribution in [0.25, 0.3) is 54.1 Å². The number of rotatable bonds is 36. The molecule has 0 aliphatic carbocycles. The van der Waals surface area contributed by atoms with E-state index in [1.807, 2.05) is 170 Å². The van der Waals surface area contributed by atoms with Gasteiger partial charge in [0.1, 0.15) is 108 Å². The number of ether oxygens (including phenoxy) is 10. The summed E-state index contributed by atoms with van der Waals surface area (Å²) in [7, 11) is 6.39. The van der Waals surface area contributed by atoms with Crippen LogP contribution in [-0.2, 0) is 85.5 Å². The summed E-state index contributed by atoms with van der Waals surface area (Å²) in [5.41, 5.74) is 21.6. The first-order valence-electron chi connectivity index (χ1n) is 37.2. The van der Waals surface area contributed by atoms with Gasteiger partial charge in [0.15, 0.2) is 0 Å². The third kappa shape index (κ3) is 18.3. The monoisotopic (exact) mass is 1580 g/mol. The fourth-order valence-electron chi connectivity index (χ4n) is 13.4. The Kier molecular flexibility index (Phi) is 22.1. The molecule has 17 rings (SSSR count). The van der Waals surface area contributed by atoms with Gasteiger partial charge in [-0.25, -0.2) is 48.0 Å². The predicted molar refractivity (Wildman–Crippen MR) is 426 cm³/mol. The summed E-state index contributed by atoms with van der Waals surface area (Å²) in [6.45, 7) is 2.45. The number of benzene rings is 7. The van der Waals surface area contributed by atoms with Crippen LogP contribution in [0.5, 0.6) is 58.0 Å². The number of nitrogens with zero attached hydrogens (tertiary/aromatic N) is 25. The molecule has 0 unspecified atom stereocenters. The SMILES string of the molecule is COc1nc2ccccc2cc1Cn1cc(COc2cc(Cn3cc(COc4cc(CN=[N+]=[N-])cc(OCc5cn(Cc6cc(OCc7cn(Cc8cc9ccccc9nc8OC)nn7)cc(OCc7cn(Cc8cc9ccccc9nc8OC)nn7)c6)nn5)c4)nn3)cc(OCc3cn(Cc4cc5ccccc5nc4OC)nn3)c2)nn1. The van der Waals surface area contributed by atoms with Gasteiger partial charge in [0, 0.05) is 66.9 Å². The van der Waals surface area contributed by atoms with Gasteiger partial charge in [-0.3, -0.25) is 0 Å². The quantitative estimate of drug-likeness (QED) is 0.0200. The van der Waals surface area contributed by atoms with E-state index in [1.165, 1.54) is 0 Å². The second-order valence-corrected chi connectivity index (χ2v) is 27.4. The Morgan fingerprint density at radius 3 is 0.754 bits per heavy atom. The number of azide groups is 1. The molecule has 0 aliphatic rings. The molecule has 0 aliphatic heterocycles. The topological polar surface area (TPSA) is 377 Å². The van der Waals surface area contributed by atoms with Crippen LogP contribution < -0.4 is 47.4 Å². The van der Waals surface area contributed by atoms with E-state index in [9.17, 15) is 5.53 Å². The van der Waals surface area contributed by atoms with E-state index >= 15 is 0 Å². The number of hydrogen-bond acceptors (Lipinski definition) is 27. The summed E-state index contributed by atoms with van der Waals surface area (Å²) in [6.07, 6.45) is 10.8. The Bertz CT molecular complexity index is 5820. The number of para-hydroxylation sites is 4. The molecule has 0 saturated carbocycles. The molecule has 0 amide bonds. The van der Waals surface area contributed by atoms with E-state index in [1.54, 1.807) is 99.3 Å². The minimum atomic E-state index is 0.0236. The number of methoxy groups -OCH3 is 4. The maximum absolute atomic E-state index is 9.35. The van der Waals surface area contributed by atoms with Gasteiger partial charge in [0.25, 0.3) is 0 Å². The van der Waals surface area contributed by atoms with Gasteiger partial charge in [0.05, 0.1) is 134 Å². The zero-order valence-electron chi connectivity index (χ0n) is 64.2. The van der Waals surface area contributed by atoms with E-state index in [-0.39, 0.29) is 59.3 Å². The molecule has 35 heteroatoms. The Balaban J connectivity index is 0.555. The highest BCUT2D eigenvalue weighted by Crippen LogP contribution is 2.33. The summed E-state index contributed by atoms with van der Waals surface area (Å²) in [5, 5.41) is 60.9. The van der Waals surface area contributed by atoms with Crippen molar-refractivity contribution in [3.8, 4) is 58.0 Å². The second-order valence-electron chi connectivity index (χ2n) is 27.4. The fraction of sp³-hybridized carbons (Fsp3) is 0.205. The van der Waals surface area contributed by atoms with Crippen molar-refractivity contribution in [2.45, 2.75) is 85.5 Å². The highest BCUT2D eigenvalue weighted by Gasteiger charge is 2.20. The van der Waals surface area contributed by atoms with Crippen LogP contribution >= 0.6 is 0 Å². The Hall–Kier alpha value is -15.7. The highest BCUT2D eigenvalue weighted by atomic mass is 16.5. The molecule has 0 N–H and O–H groups in total. The molecule has 0 saturated heterocycles. The molecular formula is C83H73N25O10. The van der Waals surface area contributed by atoms with Crippen LogP contribution in [0.4, 0.5) is 0 Å². The molecule has 17 aromatic rings. The van der Waals surface area contributed by atoms with Crippen LogP contribution in [0.1, 0.15) is 73.1 Å². The molecule has 35 nitrogen and oxygen atoms in total. The molecule has 590 valence electrons. The van der Waals surface area contributed by atoms with Gasteiger partial charge in [-0.2, -0.15) is 0 Å². The third-order valence-corrected chi connectivity index (χ3v) is 18.8. The van der Waals surface area contributed by atoms with E-state index in [0.29, 0.717) is 124 Å². The maximum atomic E-state index is 9.35. The van der Waals surface area contributed by atoms with Crippen molar-refractivity contribution < 1.29 is 47.4 Å². The number of pyridine rings is 4. The van der Waals surface area contributed by atoms with Crippen molar-refractivity contribution in [3.63, 3.8) is 0 Å². The number of hydrogen-bond donors (Lipinski definition) is 0. The first-order valence-corrected chi connectivity index (χ1v) is 37.2. The van der Waals surface area contributed by atoms with E-state index in [2.05, 4.69) is 71.9 Å². The molecule has 0 atom stereocenters. The van der Waals surface area contributed by atoms with Gasteiger partial charge in [-0.05, 0) is 107 Å². The minimum absolute atomic E-state index is 0.0236. The van der Waals surface area contributed by atoms with Crippen molar-refractivity contribution in [3.05, 3.63) is 297 Å². The van der Waals surface area contributed by atoms with Crippen LogP contribution in [0.15, 0.2) is 218 Å². The normalized spacial score (nSPS) is 11.3. The smallest absolute Gasteiger partial charge is 0.218 e. The summed E-state index contributed by atoms with van der Waals surface area (Å²) in [6, 6.07) is 56.0. The first-order chi connectivity index (χ1) is 58.0. The third-order valence-electron chi connectivity index (χ3n) is 18.8. The van der Waals surface area contributed by atoms with Crippen molar-refractivity contribution in [2.75, 3.05) is 28.4 Å². The molecule has 118 heavy (non-hydrogen) atoms. The summed E-state index contributed by atoms with van der Waals surface area (Å²) < 4.78 is 71.3. The zero-order valence-corrected chi connectivity index (χ0v) is 64.2.